The van der Waals surface area contributed by atoms with Gasteiger partial charge in [-0.25, -0.2) is 0 Å². The smallest absolute Gasteiger partial charge is 0.192 e. The summed E-state index contributed by atoms with van der Waals surface area (Å²) in [6, 6.07) is 0. The number of rotatable bonds is 1. The quantitative estimate of drug-likeness (QED) is 0.308. The van der Waals surface area contributed by atoms with Gasteiger partial charge in [0.15, 0.2) is 5.79 Å². The van der Waals surface area contributed by atoms with Crippen molar-refractivity contribution in [3.8, 4) is 0 Å². The summed E-state index contributed by atoms with van der Waals surface area (Å²) in [5.74, 6) is -1.95. The summed E-state index contributed by atoms with van der Waals surface area (Å²) in [5.41, 5.74) is 0. The molecule has 5 N–H and O–H groups in total. The normalized spacial score (nSPS) is 52.2. The molecule has 0 aromatic heterocycles. The van der Waals surface area contributed by atoms with Crippen molar-refractivity contribution < 1.29 is 30.3 Å². The highest BCUT2D eigenvalue weighted by Crippen LogP contribution is 2.27. The van der Waals surface area contributed by atoms with Crippen molar-refractivity contribution in [3.05, 3.63) is 0 Å². The maximum absolute atomic E-state index is 9.38. The Morgan fingerprint density at radius 2 is 1.77 bits per heavy atom. The maximum atomic E-state index is 9.38. The van der Waals surface area contributed by atoms with E-state index >= 15 is 0 Å². The lowest BCUT2D eigenvalue weighted by atomic mass is 9.94. The second-order valence-corrected chi connectivity index (χ2v) is 3.32. The highest BCUT2D eigenvalue weighted by atomic mass is 16.7. The third-order valence-corrected chi connectivity index (χ3v) is 2.17. The second kappa shape index (κ2) is 3.49. The molecule has 1 aliphatic rings. The van der Waals surface area contributed by atoms with E-state index in [1.165, 1.54) is 0 Å². The Hall–Kier alpha value is -0.240. The van der Waals surface area contributed by atoms with Crippen molar-refractivity contribution >= 4 is 0 Å². The summed E-state index contributed by atoms with van der Waals surface area (Å²) in [5, 5.41) is 45.8. The Labute approximate surface area is 75.0 Å². The van der Waals surface area contributed by atoms with Crippen LogP contribution in [0.25, 0.3) is 0 Å². The minimum atomic E-state index is -1.95. The van der Waals surface area contributed by atoms with Gasteiger partial charge in [0.05, 0.1) is 6.61 Å². The number of hydrogen-bond donors (Lipinski definition) is 5. The predicted molar refractivity (Wildman–Crippen MR) is 40.6 cm³/mol. The van der Waals surface area contributed by atoms with Gasteiger partial charge in [-0.15, -0.1) is 0 Å². The van der Waals surface area contributed by atoms with Crippen LogP contribution in [0.1, 0.15) is 6.92 Å². The molecule has 0 radical (unpaired) electrons. The molecule has 6 heteroatoms. The van der Waals surface area contributed by atoms with Gasteiger partial charge in [0.1, 0.15) is 24.4 Å². The molecule has 1 rings (SSSR count). The molecule has 1 saturated heterocycles. The van der Waals surface area contributed by atoms with E-state index in [2.05, 4.69) is 0 Å². The molecule has 1 unspecified atom stereocenters. The van der Waals surface area contributed by atoms with E-state index in [1.54, 1.807) is 0 Å². The van der Waals surface area contributed by atoms with Crippen molar-refractivity contribution in [3.63, 3.8) is 0 Å². The van der Waals surface area contributed by atoms with Gasteiger partial charge in [-0.3, -0.25) is 0 Å². The highest BCUT2D eigenvalue weighted by Gasteiger charge is 2.49. The maximum Gasteiger partial charge on any atom is 0.192 e. The van der Waals surface area contributed by atoms with Crippen LogP contribution < -0.4 is 0 Å². The zero-order valence-electron chi connectivity index (χ0n) is 7.16. The lowest BCUT2D eigenvalue weighted by Gasteiger charge is -2.43. The minimum absolute atomic E-state index is 0.541. The highest BCUT2D eigenvalue weighted by molar-refractivity contribution is 4.93. The molecule has 1 heterocycles. The molecule has 0 amide bonds. The van der Waals surface area contributed by atoms with Gasteiger partial charge in [0.25, 0.3) is 0 Å². The van der Waals surface area contributed by atoms with Crippen LogP contribution in [0.3, 0.4) is 0 Å². The number of ether oxygens (including phenoxy) is 1. The van der Waals surface area contributed by atoms with Crippen molar-refractivity contribution in [1.82, 2.24) is 0 Å². The van der Waals surface area contributed by atoms with Crippen molar-refractivity contribution in [1.29, 1.82) is 0 Å². The van der Waals surface area contributed by atoms with Gasteiger partial charge in [-0.1, -0.05) is 0 Å². The third kappa shape index (κ3) is 1.83. The van der Waals surface area contributed by atoms with Crippen LogP contribution >= 0.6 is 0 Å². The van der Waals surface area contributed by atoms with Gasteiger partial charge >= 0.3 is 0 Å². The van der Waals surface area contributed by atoms with E-state index in [0.29, 0.717) is 0 Å². The first-order valence-corrected chi connectivity index (χ1v) is 3.95. The standard InChI is InChI=1S/C7H14O6/c1-7(12)6(11)5(10)4(9)3(2-8)13-7/h3-6,8-12H,2H2,1H3/t3-,4+,5+,6-,7?/m1/s1. The molecule has 0 aromatic carbocycles. The van der Waals surface area contributed by atoms with Crippen molar-refractivity contribution in [2.24, 2.45) is 0 Å². The van der Waals surface area contributed by atoms with Crippen LogP contribution in [0.5, 0.6) is 0 Å². The molecule has 78 valence electrons. The van der Waals surface area contributed by atoms with Gasteiger partial charge in [-0.2, -0.15) is 0 Å². The number of hydrogen-bond acceptors (Lipinski definition) is 6. The summed E-state index contributed by atoms with van der Waals surface area (Å²) >= 11 is 0. The Bertz CT molecular complexity index is 180. The Kier molecular flexibility index (Phi) is 2.91. The zero-order chi connectivity index (χ0) is 10.2. The molecule has 5 atom stereocenters. The van der Waals surface area contributed by atoms with Crippen LogP contribution in [0, 0.1) is 0 Å². The van der Waals surface area contributed by atoms with Gasteiger partial charge in [-0.05, 0) is 6.92 Å². The zero-order valence-corrected chi connectivity index (χ0v) is 7.16. The fourth-order valence-corrected chi connectivity index (χ4v) is 1.31. The lowest BCUT2D eigenvalue weighted by Crippen LogP contribution is -2.63. The topological polar surface area (TPSA) is 110 Å². The molecule has 1 aliphatic heterocycles. The number of aliphatic hydroxyl groups is 5. The summed E-state index contributed by atoms with van der Waals surface area (Å²) in [7, 11) is 0. The first-order chi connectivity index (χ1) is 5.90. The summed E-state index contributed by atoms with van der Waals surface area (Å²) in [6.45, 7) is 0.608. The minimum Gasteiger partial charge on any atom is -0.394 e. The molecular weight excluding hydrogens is 180 g/mol. The Morgan fingerprint density at radius 3 is 2.23 bits per heavy atom. The molecule has 0 bridgehead atoms. The van der Waals surface area contributed by atoms with Crippen molar-refractivity contribution in [2.45, 2.75) is 37.1 Å². The largest absolute Gasteiger partial charge is 0.394 e. The molecule has 0 aromatic rings. The first-order valence-electron chi connectivity index (χ1n) is 3.95. The second-order valence-electron chi connectivity index (χ2n) is 3.32. The molecular formula is C7H14O6. The van der Waals surface area contributed by atoms with Crippen LogP contribution in [0.15, 0.2) is 0 Å². The van der Waals surface area contributed by atoms with Gasteiger partial charge in [0, 0.05) is 0 Å². The van der Waals surface area contributed by atoms with Crippen LogP contribution in [-0.2, 0) is 4.74 Å². The van der Waals surface area contributed by atoms with E-state index in [1.807, 2.05) is 0 Å². The monoisotopic (exact) mass is 194 g/mol. The molecule has 0 saturated carbocycles. The van der Waals surface area contributed by atoms with E-state index in [0.717, 1.165) is 6.92 Å². The van der Waals surface area contributed by atoms with Crippen LogP contribution in [0.2, 0.25) is 0 Å². The SMILES string of the molecule is CC1(O)O[C@H](CO)[C@H](O)[C@H](O)[C@H]1O. The van der Waals surface area contributed by atoms with E-state index in [9.17, 15) is 20.4 Å². The molecule has 6 nitrogen and oxygen atoms in total. The van der Waals surface area contributed by atoms with Gasteiger partial charge in [0.2, 0.25) is 0 Å². The average molecular weight is 194 g/mol. The molecule has 1 fully saturated rings. The predicted octanol–water partition coefficient (Wildman–Crippen LogP) is -2.83. The van der Waals surface area contributed by atoms with E-state index < -0.39 is 36.8 Å². The summed E-state index contributed by atoms with van der Waals surface area (Å²) < 4.78 is 4.76. The third-order valence-electron chi connectivity index (χ3n) is 2.17. The van der Waals surface area contributed by atoms with Crippen LogP contribution in [-0.4, -0.2) is 62.3 Å². The van der Waals surface area contributed by atoms with Crippen molar-refractivity contribution in [2.75, 3.05) is 6.61 Å². The van der Waals surface area contributed by atoms with Gasteiger partial charge < -0.3 is 30.3 Å². The fourth-order valence-electron chi connectivity index (χ4n) is 1.31. The Morgan fingerprint density at radius 1 is 1.23 bits per heavy atom. The lowest BCUT2D eigenvalue weighted by molar-refractivity contribution is -0.341. The summed E-state index contributed by atoms with van der Waals surface area (Å²) in [6.07, 6.45) is -5.61. The molecule has 0 aliphatic carbocycles. The average Bonchev–Trinajstić information content (AvgIpc) is 2.08. The first kappa shape index (κ1) is 10.8. The van der Waals surface area contributed by atoms with Crippen LogP contribution in [0.4, 0.5) is 0 Å². The van der Waals surface area contributed by atoms with E-state index in [-0.39, 0.29) is 0 Å². The number of aliphatic hydroxyl groups excluding tert-OH is 4. The summed E-state index contributed by atoms with van der Waals surface area (Å²) in [4.78, 5) is 0. The fraction of sp³-hybridized carbons (Fsp3) is 1.00. The van der Waals surface area contributed by atoms with E-state index in [4.69, 9.17) is 9.84 Å². The molecule has 0 spiro atoms. The molecule has 13 heavy (non-hydrogen) atoms. The Balaban J connectivity index is 2.79.